The average Bonchev–Trinajstić information content (AvgIpc) is 2.45. The van der Waals surface area contributed by atoms with E-state index in [-0.39, 0.29) is 11.4 Å². The highest BCUT2D eigenvalue weighted by Gasteiger charge is 2.27. The number of nitrogens with zero attached hydrogens (tertiary/aromatic N) is 2. The molecule has 0 bridgehead atoms. The molecule has 1 aromatic rings. The molecule has 0 heterocycles. The van der Waals surface area contributed by atoms with Crippen molar-refractivity contribution in [1.82, 2.24) is 0 Å². The van der Waals surface area contributed by atoms with Gasteiger partial charge in [0.05, 0.1) is 17.2 Å². The lowest BCUT2D eigenvalue weighted by atomic mass is 10.1. The topological polar surface area (TPSA) is 148 Å². The van der Waals surface area contributed by atoms with Gasteiger partial charge in [0.1, 0.15) is 24.0 Å². The van der Waals surface area contributed by atoms with Gasteiger partial charge >= 0.3 is 0 Å². The van der Waals surface area contributed by atoms with Gasteiger partial charge in [0.15, 0.2) is 0 Å². The Morgan fingerprint density at radius 2 is 1.86 bits per heavy atom. The van der Waals surface area contributed by atoms with E-state index in [0.29, 0.717) is 0 Å². The number of nitrogens with one attached hydrogen (secondary N) is 1. The Bertz CT molecular complexity index is 508. The summed E-state index contributed by atoms with van der Waals surface area (Å²) in [5.41, 5.74) is 2.27. The number of benzene rings is 1. The highest BCUT2D eigenvalue weighted by Crippen LogP contribution is 2.22. The van der Waals surface area contributed by atoms with E-state index in [0.717, 1.165) is 6.21 Å². The van der Waals surface area contributed by atoms with Crippen molar-refractivity contribution in [2.24, 2.45) is 5.10 Å². The molecule has 0 fully saturated rings. The van der Waals surface area contributed by atoms with E-state index in [1.54, 1.807) is 6.07 Å². The average molecular weight is 299 g/mol. The van der Waals surface area contributed by atoms with Crippen molar-refractivity contribution in [2.75, 3.05) is 5.43 Å². The van der Waals surface area contributed by atoms with Crippen molar-refractivity contribution in [2.45, 2.75) is 31.3 Å². The van der Waals surface area contributed by atoms with E-state index in [4.69, 9.17) is 5.11 Å². The first-order valence-electron chi connectivity index (χ1n) is 6.09. The van der Waals surface area contributed by atoms with Gasteiger partial charge in [-0.1, -0.05) is 12.1 Å². The van der Waals surface area contributed by atoms with E-state index in [1.165, 1.54) is 25.1 Å². The molecule has 0 radical (unpaired) electrons. The van der Waals surface area contributed by atoms with Gasteiger partial charge < -0.3 is 20.4 Å². The van der Waals surface area contributed by atoms with Crippen LogP contribution in [-0.2, 0) is 0 Å². The maximum Gasteiger partial charge on any atom is 0.294 e. The van der Waals surface area contributed by atoms with Crippen LogP contribution in [0.4, 0.5) is 11.4 Å². The summed E-state index contributed by atoms with van der Waals surface area (Å²) in [6.45, 7) is 1.25. The maximum absolute atomic E-state index is 10.8. The number of nitro benzene ring substituents is 1. The van der Waals surface area contributed by atoms with Crippen LogP contribution in [0.3, 0.4) is 0 Å². The third-order valence-corrected chi connectivity index (χ3v) is 2.71. The van der Waals surface area contributed by atoms with Crippen molar-refractivity contribution >= 4 is 17.6 Å². The fourth-order valence-electron chi connectivity index (χ4n) is 1.49. The molecule has 0 spiro atoms. The van der Waals surface area contributed by atoms with Crippen LogP contribution < -0.4 is 5.43 Å². The van der Waals surface area contributed by atoms with Crippen LogP contribution in [0.2, 0.25) is 0 Å². The van der Waals surface area contributed by atoms with Gasteiger partial charge in [0, 0.05) is 6.07 Å². The molecule has 116 valence electrons. The van der Waals surface area contributed by atoms with Crippen molar-refractivity contribution < 1.29 is 25.3 Å². The molecular weight excluding hydrogens is 282 g/mol. The van der Waals surface area contributed by atoms with Crippen molar-refractivity contribution in [3.63, 3.8) is 0 Å². The zero-order valence-electron chi connectivity index (χ0n) is 11.2. The fraction of sp³-hybridized carbons (Fsp3) is 0.417. The molecule has 0 aliphatic carbocycles. The van der Waals surface area contributed by atoms with E-state index >= 15 is 0 Å². The Labute approximate surface area is 120 Å². The largest absolute Gasteiger partial charge is 0.391 e. The lowest BCUT2D eigenvalue weighted by molar-refractivity contribution is -0.384. The molecule has 0 saturated heterocycles. The number of hydrogen-bond donors (Lipinski definition) is 5. The molecule has 0 saturated carbocycles. The lowest BCUT2D eigenvalue weighted by Gasteiger charge is -2.22. The Hall–Kier alpha value is -2.07. The third-order valence-electron chi connectivity index (χ3n) is 2.71. The van der Waals surface area contributed by atoms with Gasteiger partial charge in [0.25, 0.3) is 5.69 Å². The molecule has 9 heteroatoms. The summed E-state index contributed by atoms with van der Waals surface area (Å²) < 4.78 is 0. The molecule has 0 aliphatic heterocycles. The van der Waals surface area contributed by atoms with E-state index in [9.17, 15) is 25.4 Å². The van der Waals surface area contributed by atoms with Crippen LogP contribution >= 0.6 is 0 Å². The van der Waals surface area contributed by atoms with Crippen molar-refractivity contribution in [3.05, 3.63) is 34.4 Å². The summed E-state index contributed by atoms with van der Waals surface area (Å²) in [6, 6.07) is 5.75. The van der Waals surface area contributed by atoms with Gasteiger partial charge in [-0.05, 0) is 13.0 Å². The maximum atomic E-state index is 10.8. The van der Waals surface area contributed by atoms with Gasteiger partial charge in [-0.2, -0.15) is 5.10 Å². The SMILES string of the molecule is C[C@@H](O)[C@@H](O)[C@H](O)[C@H](O)/C=N\Nc1ccccc1[N+](=O)[O-]. The minimum Gasteiger partial charge on any atom is -0.391 e. The standard InChI is InChI=1S/C12H17N3O6/c1-7(16)11(18)12(19)10(17)6-13-14-8-4-2-3-5-9(8)15(20)21/h2-7,10-12,14,16-19H,1H3/b13-6-/t7-,10-,11-,12-/m1/s1. The molecule has 0 amide bonds. The number of hydrazone groups is 1. The Morgan fingerprint density at radius 1 is 1.24 bits per heavy atom. The Kier molecular flexibility index (Phi) is 6.18. The monoisotopic (exact) mass is 299 g/mol. The summed E-state index contributed by atoms with van der Waals surface area (Å²) >= 11 is 0. The van der Waals surface area contributed by atoms with Gasteiger partial charge in [-0.15, -0.1) is 0 Å². The molecule has 1 rings (SSSR count). The quantitative estimate of drug-likeness (QED) is 0.258. The highest BCUT2D eigenvalue weighted by atomic mass is 16.6. The highest BCUT2D eigenvalue weighted by molar-refractivity contribution is 5.67. The molecule has 0 aliphatic rings. The number of rotatable bonds is 7. The number of anilines is 1. The molecule has 5 N–H and O–H groups in total. The fourth-order valence-corrected chi connectivity index (χ4v) is 1.49. The first-order valence-corrected chi connectivity index (χ1v) is 6.09. The number of aliphatic hydroxyl groups excluding tert-OH is 4. The molecular formula is C12H17N3O6. The van der Waals surface area contributed by atoms with E-state index < -0.39 is 29.3 Å². The molecule has 9 nitrogen and oxygen atoms in total. The minimum absolute atomic E-state index is 0.108. The summed E-state index contributed by atoms with van der Waals surface area (Å²) in [4.78, 5) is 10.2. The molecule has 1 aromatic carbocycles. The van der Waals surface area contributed by atoms with Crippen molar-refractivity contribution in [1.29, 1.82) is 0 Å². The predicted molar refractivity (Wildman–Crippen MR) is 74.9 cm³/mol. The summed E-state index contributed by atoms with van der Waals surface area (Å²) in [5, 5.41) is 51.8. The number of para-hydroxylation sites is 2. The summed E-state index contributed by atoms with van der Waals surface area (Å²) in [7, 11) is 0. The molecule has 0 unspecified atom stereocenters. The smallest absolute Gasteiger partial charge is 0.294 e. The second kappa shape index (κ2) is 7.64. The Balaban J connectivity index is 2.69. The predicted octanol–water partition coefficient (Wildman–Crippen LogP) is -0.544. The second-order valence-corrected chi connectivity index (χ2v) is 4.38. The van der Waals surface area contributed by atoms with Crippen LogP contribution in [0.1, 0.15) is 6.92 Å². The van der Waals surface area contributed by atoms with Gasteiger partial charge in [-0.25, -0.2) is 0 Å². The van der Waals surface area contributed by atoms with Crippen molar-refractivity contribution in [3.8, 4) is 0 Å². The first-order chi connectivity index (χ1) is 9.84. The van der Waals surface area contributed by atoms with Crippen LogP contribution in [0.5, 0.6) is 0 Å². The van der Waals surface area contributed by atoms with Gasteiger partial charge in [0.2, 0.25) is 0 Å². The summed E-state index contributed by atoms with van der Waals surface area (Å²) in [6.07, 6.45) is -5.09. The third kappa shape index (κ3) is 4.76. The number of nitro groups is 1. The van der Waals surface area contributed by atoms with E-state index in [2.05, 4.69) is 10.5 Å². The second-order valence-electron chi connectivity index (χ2n) is 4.38. The Morgan fingerprint density at radius 3 is 2.43 bits per heavy atom. The number of aliphatic hydroxyl groups is 4. The zero-order chi connectivity index (χ0) is 16.0. The van der Waals surface area contributed by atoms with Crippen LogP contribution in [-0.4, -0.2) is 56.0 Å². The van der Waals surface area contributed by atoms with Crippen LogP contribution in [0.25, 0.3) is 0 Å². The minimum atomic E-state index is -1.64. The molecule has 4 atom stereocenters. The van der Waals surface area contributed by atoms with Gasteiger partial charge in [-0.3, -0.25) is 15.5 Å². The normalized spacial score (nSPS) is 17.2. The van der Waals surface area contributed by atoms with E-state index in [1.807, 2.05) is 0 Å². The van der Waals surface area contributed by atoms with Crippen LogP contribution in [0, 0.1) is 10.1 Å². The summed E-state index contributed by atoms with van der Waals surface area (Å²) in [5.74, 6) is 0. The lowest BCUT2D eigenvalue weighted by Crippen LogP contribution is -2.44. The molecule has 0 aromatic heterocycles. The first kappa shape index (κ1) is 17.0. The zero-order valence-corrected chi connectivity index (χ0v) is 11.2. The number of hydrogen-bond acceptors (Lipinski definition) is 8. The van der Waals surface area contributed by atoms with Crippen LogP contribution in [0.15, 0.2) is 29.4 Å². The molecule has 21 heavy (non-hydrogen) atoms.